The molecule has 0 bridgehead atoms. The van der Waals surface area contributed by atoms with E-state index in [0.717, 1.165) is 0 Å². The van der Waals surface area contributed by atoms with Gasteiger partial charge >= 0.3 is 18.2 Å². The Labute approximate surface area is 197 Å². The third kappa shape index (κ3) is 4.65. The van der Waals surface area contributed by atoms with Crippen LogP contribution in [0, 0.1) is 5.92 Å². The maximum absolute atomic E-state index is 12.6. The molecule has 0 aromatic carbocycles. The van der Waals surface area contributed by atoms with E-state index >= 15 is 0 Å². The van der Waals surface area contributed by atoms with Crippen molar-refractivity contribution in [1.82, 2.24) is 14.7 Å². The van der Waals surface area contributed by atoms with E-state index in [4.69, 9.17) is 9.47 Å². The number of rotatable bonds is 7. The SMILES string of the molecule is C=CCOC(=O)N1C[C@H](OC(=O)N(C)C)C[C@H]1/C=C(\C)C1=C(C(=O)O)N2C(=O)[C@H]([C@@H](C)O)[C@H]2C1. The molecule has 0 radical (unpaired) electrons. The average molecular weight is 478 g/mol. The number of hydrogen-bond donors (Lipinski definition) is 2. The Morgan fingerprint density at radius 2 is 2.00 bits per heavy atom. The van der Waals surface area contributed by atoms with Crippen LogP contribution in [-0.2, 0) is 19.1 Å². The number of carboxylic acids is 1. The largest absolute Gasteiger partial charge is 0.477 e. The summed E-state index contributed by atoms with van der Waals surface area (Å²) in [6.07, 6.45) is 1.17. The Bertz CT molecular complexity index is 954. The maximum Gasteiger partial charge on any atom is 0.410 e. The van der Waals surface area contributed by atoms with Gasteiger partial charge in [-0.25, -0.2) is 14.4 Å². The zero-order valence-electron chi connectivity index (χ0n) is 19.8. The predicted molar refractivity (Wildman–Crippen MR) is 119 cm³/mol. The second kappa shape index (κ2) is 9.88. The molecule has 3 aliphatic heterocycles. The van der Waals surface area contributed by atoms with Crippen molar-refractivity contribution in [2.75, 3.05) is 27.2 Å². The van der Waals surface area contributed by atoms with Crippen molar-refractivity contribution in [2.24, 2.45) is 5.92 Å². The molecule has 0 unspecified atom stereocenters. The molecular weight excluding hydrogens is 446 g/mol. The molecule has 0 saturated carbocycles. The number of β-lactam (4-membered cyclic amide) rings is 1. The summed E-state index contributed by atoms with van der Waals surface area (Å²) >= 11 is 0. The number of fused-ring (bicyclic) bond motifs is 1. The summed E-state index contributed by atoms with van der Waals surface area (Å²) in [7, 11) is 3.11. The van der Waals surface area contributed by atoms with Crippen molar-refractivity contribution in [1.29, 1.82) is 0 Å². The minimum Gasteiger partial charge on any atom is -0.477 e. The van der Waals surface area contributed by atoms with E-state index in [0.29, 0.717) is 17.6 Å². The molecule has 3 aliphatic rings. The van der Waals surface area contributed by atoms with Crippen molar-refractivity contribution in [3.8, 4) is 0 Å². The molecule has 11 nitrogen and oxygen atoms in total. The number of allylic oxidation sites excluding steroid dienone is 1. The summed E-state index contributed by atoms with van der Waals surface area (Å²) in [6, 6.07) is -0.931. The third-order valence-electron chi connectivity index (χ3n) is 6.35. The quantitative estimate of drug-likeness (QED) is 0.414. The Kier molecular flexibility index (Phi) is 7.35. The number of hydrogen-bond acceptors (Lipinski definition) is 7. The van der Waals surface area contributed by atoms with Crippen LogP contribution >= 0.6 is 0 Å². The highest BCUT2D eigenvalue weighted by Crippen LogP contribution is 2.45. The van der Waals surface area contributed by atoms with Crippen LogP contribution in [0.1, 0.15) is 26.7 Å². The molecule has 0 aromatic heterocycles. The van der Waals surface area contributed by atoms with E-state index in [1.54, 1.807) is 27.1 Å². The van der Waals surface area contributed by atoms with Crippen LogP contribution < -0.4 is 0 Å². The summed E-state index contributed by atoms with van der Waals surface area (Å²) in [4.78, 5) is 53.0. The summed E-state index contributed by atoms with van der Waals surface area (Å²) in [5, 5.41) is 19.7. The first kappa shape index (κ1) is 25.3. The van der Waals surface area contributed by atoms with E-state index in [1.165, 1.54) is 27.7 Å². The first-order chi connectivity index (χ1) is 16.0. The molecule has 5 atom stereocenters. The fourth-order valence-electron chi connectivity index (χ4n) is 4.75. The van der Waals surface area contributed by atoms with Gasteiger partial charge in [0.25, 0.3) is 0 Å². The van der Waals surface area contributed by atoms with Crippen LogP contribution in [0.3, 0.4) is 0 Å². The number of ether oxygens (including phenoxy) is 2. The second-order valence-electron chi connectivity index (χ2n) is 8.95. The number of likely N-dealkylation sites (tertiary alicyclic amines) is 1. The van der Waals surface area contributed by atoms with Crippen LogP contribution in [0.25, 0.3) is 0 Å². The van der Waals surface area contributed by atoms with E-state index < -0.39 is 54.3 Å². The summed E-state index contributed by atoms with van der Waals surface area (Å²) in [5.74, 6) is -2.29. The molecule has 2 N–H and O–H groups in total. The lowest BCUT2D eigenvalue weighted by atomic mass is 9.82. The van der Waals surface area contributed by atoms with Gasteiger partial charge in [-0.15, -0.1) is 0 Å². The topological polar surface area (TPSA) is 137 Å². The zero-order valence-corrected chi connectivity index (χ0v) is 19.8. The minimum atomic E-state index is -1.23. The van der Waals surface area contributed by atoms with E-state index in [1.807, 2.05) is 0 Å². The normalized spacial score (nSPS) is 27.2. The molecule has 11 heteroatoms. The van der Waals surface area contributed by atoms with Crippen LogP contribution in [0.5, 0.6) is 0 Å². The van der Waals surface area contributed by atoms with Crippen molar-refractivity contribution in [3.63, 3.8) is 0 Å². The fraction of sp³-hybridized carbons (Fsp3) is 0.565. The molecule has 2 fully saturated rings. The Morgan fingerprint density at radius 1 is 1.32 bits per heavy atom. The maximum atomic E-state index is 12.6. The van der Waals surface area contributed by atoms with Crippen molar-refractivity contribution in [2.45, 2.75) is 51.0 Å². The van der Waals surface area contributed by atoms with Crippen LogP contribution in [0.4, 0.5) is 9.59 Å². The van der Waals surface area contributed by atoms with E-state index in [2.05, 4.69) is 6.58 Å². The molecule has 186 valence electrons. The van der Waals surface area contributed by atoms with Gasteiger partial charge in [-0.2, -0.15) is 0 Å². The van der Waals surface area contributed by atoms with Crippen LogP contribution in [0.15, 0.2) is 35.6 Å². The van der Waals surface area contributed by atoms with Gasteiger partial charge in [0.2, 0.25) is 5.91 Å². The molecule has 2 saturated heterocycles. The smallest absolute Gasteiger partial charge is 0.410 e. The highest BCUT2D eigenvalue weighted by molar-refractivity contribution is 6.00. The van der Waals surface area contributed by atoms with Gasteiger partial charge in [0.05, 0.1) is 30.7 Å². The highest BCUT2D eigenvalue weighted by Gasteiger charge is 2.56. The molecule has 3 rings (SSSR count). The Morgan fingerprint density at radius 3 is 2.56 bits per heavy atom. The lowest BCUT2D eigenvalue weighted by molar-refractivity contribution is -0.161. The molecule has 34 heavy (non-hydrogen) atoms. The molecule has 0 aliphatic carbocycles. The monoisotopic (exact) mass is 477 g/mol. The zero-order chi connectivity index (χ0) is 25.3. The lowest BCUT2D eigenvalue weighted by Gasteiger charge is -2.44. The number of amides is 3. The van der Waals surface area contributed by atoms with Gasteiger partial charge in [0.1, 0.15) is 18.4 Å². The van der Waals surface area contributed by atoms with E-state index in [-0.39, 0.29) is 25.3 Å². The average Bonchev–Trinajstić information content (AvgIpc) is 3.30. The van der Waals surface area contributed by atoms with Crippen LogP contribution in [-0.4, -0.2) is 101 Å². The van der Waals surface area contributed by atoms with Gasteiger partial charge in [-0.3, -0.25) is 9.69 Å². The molecular formula is C23H31N3O8. The fourth-order valence-corrected chi connectivity index (χ4v) is 4.75. The summed E-state index contributed by atoms with van der Waals surface area (Å²) < 4.78 is 10.6. The summed E-state index contributed by atoms with van der Waals surface area (Å²) in [5.41, 5.74) is 0.965. The van der Waals surface area contributed by atoms with Crippen molar-refractivity contribution >= 4 is 24.1 Å². The number of carboxylic acid groups (broad SMARTS) is 1. The number of aliphatic hydroxyl groups is 1. The van der Waals surface area contributed by atoms with Crippen LogP contribution in [0.2, 0.25) is 0 Å². The molecule has 0 aromatic rings. The number of aliphatic hydroxyl groups excluding tert-OH is 1. The van der Waals surface area contributed by atoms with Gasteiger partial charge < -0.3 is 29.5 Å². The van der Waals surface area contributed by atoms with Gasteiger partial charge in [0, 0.05) is 20.5 Å². The van der Waals surface area contributed by atoms with Gasteiger partial charge in [-0.1, -0.05) is 18.7 Å². The Hall–Kier alpha value is -3.34. The third-order valence-corrected chi connectivity index (χ3v) is 6.35. The number of aliphatic carboxylic acids is 1. The van der Waals surface area contributed by atoms with E-state index in [9.17, 15) is 29.4 Å². The standard InChI is InChI=1S/C23H31N3O8/c1-6-7-33-23(32)25-11-15(34-22(31)24(4)5)9-14(25)8-12(2)16-10-17-18(13(3)27)20(28)26(17)19(16)21(29)30/h6,8,13-15,17-18,27H,1,7,9-11H2,2-5H3,(H,29,30)/b12-8+/t13-,14-,15-,17-,18-/m1/s1. The number of nitrogens with zero attached hydrogens (tertiary/aromatic N) is 3. The first-order valence-corrected chi connectivity index (χ1v) is 11.1. The molecule has 3 amide bonds. The van der Waals surface area contributed by atoms with Gasteiger partial charge in [0.15, 0.2) is 0 Å². The minimum absolute atomic E-state index is 0.0146. The number of carbonyl (C=O) groups excluding carboxylic acids is 3. The molecule has 3 heterocycles. The summed E-state index contributed by atoms with van der Waals surface area (Å²) in [6.45, 7) is 6.90. The number of carbonyl (C=O) groups is 4. The second-order valence-corrected chi connectivity index (χ2v) is 8.95. The highest BCUT2D eigenvalue weighted by atomic mass is 16.6. The predicted octanol–water partition coefficient (Wildman–Crippen LogP) is 1.35. The van der Waals surface area contributed by atoms with Crippen molar-refractivity contribution in [3.05, 3.63) is 35.6 Å². The first-order valence-electron chi connectivity index (χ1n) is 11.1. The lowest BCUT2D eigenvalue weighted by Crippen LogP contribution is -2.61. The van der Waals surface area contributed by atoms with Gasteiger partial charge in [-0.05, 0) is 31.4 Å². The van der Waals surface area contributed by atoms with Crippen molar-refractivity contribution < 1.29 is 38.9 Å². The molecule has 0 spiro atoms. The Balaban J connectivity index is 1.87.